The van der Waals surface area contributed by atoms with Gasteiger partial charge in [0.1, 0.15) is 17.2 Å². The molecule has 1 aliphatic carbocycles. The smallest absolute Gasteiger partial charge is 0.252 e. The first kappa shape index (κ1) is 36.9. The summed E-state index contributed by atoms with van der Waals surface area (Å²) in [6, 6.07) is 18.3. The molecule has 2 atom stereocenters. The first-order valence-corrected chi connectivity index (χ1v) is 18.4. The summed E-state index contributed by atoms with van der Waals surface area (Å²) in [4.78, 5) is 43.4. The number of carbonyl (C=O) groups is 3. The molecule has 3 aliphatic rings. The predicted octanol–water partition coefficient (Wildman–Crippen LogP) is 5.42. The van der Waals surface area contributed by atoms with Gasteiger partial charge in [0.05, 0.1) is 26.9 Å². The van der Waals surface area contributed by atoms with Gasteiger partial charge in [0, 0.05) is 62.6 Å². The summed E-state index contributed by atoms with van der Waals surface area (Å²) in [5, 5.41) is 3.69. The van der Waals surface area contributed by atoms with E-state index in [9.17, 15) is 14.4 Å². The van der Waals surface area contributed by atoms with Crippen molar-refractivity contribution in [2.24, 2.45) is 5.73 Å². The molecule has 52 heavy (non-hydrogen) atoms. The third kappa shape index (κ3) is 8.78. The van der Waals surface area contributed by atoms with Crippen molar-refractivity contribution in [1.82, 2.24) is 15.1 Å². The molecule has 0 spiro atoms. The highest BCUT2D eigenvalue weighted by Gasteiger charge is 2.43. The quantitative estimate of drug-likeness (QED) is 0.216. The SMILES string of the molecule is COc1cc(CN(C(=O)C2=C(c3ccc(CCOc4cc(C)cc(C)c4C)cc3)CC3CN(C(=O)CCCC(N)=O)C[C@H]2N3)C2CC2)cc(OC)c1. The predicted molar refractivity (Wildman–Crippen MR) is 201 cm³/mol. The Hall–Kier alpha value is -4.83. The molecule has 1 saturated carbocycles. The number of nitrogens with two attached hydrogens (primary N) is 1. The van der Waals surface area contributed by atoms with Crippen LogP contribution in [0.5, 0.6) is 17.2 Å². The van der Waals surface area contributed by atoms with Crippen LogP contribution in [-0.2, 0) is 27.3 Å². The van der Waals surface area contributed by atoms with Gasteiger partial charge in [0.2, 0.25) is 11.8 Å². The minimum Gasteiger partial charge on any atom is -0.497 e. The van der Waals surface area contributed by atoms with E-state index in [-0.39, 0.29) is 42.8 Å². The molecule has 2 heterocycles. The van der Waals surface area contributed by atoms with Crippen molar-refractivity contribution in [2.45, 2.75) is 90.4 Å². The normalized spacial score (nSPS) is 18.2. The largest absolute Gasteiger partial charge is 0.497 e. The number of nitrogens with zero attached hydrogens (tertiary/aromatic N) is 2. The van der Waals surface area contributed by atoms with Crippen LogP contribution >= 0.6 is 0 Å². The van der Waals surface area contributed by atoms with Crippen molar-refractivity contribution in [3.63, 3.8) is 0 Å². The minimum atomic E-state index is -0.408. The lowest BCUT2D eigenvalue weighted by Gasteiger charge is -2.45. The number of hydrogen-bond donors (Lipinski definition) is 2. The zero-order chi connectivity index (χ0) is 36.9. The fraction of sp³-hybridized carbons (Fsp3) is 0.452. The first-order valence-electron chi connectivity index (χ1n) is 18.4. The molecule has 6 rings (SSSR count). The molecule has 0 radical (unpaired) electrons. The van der Waals surface area contributed by atoms with E-state index in [1.807, 2.05) is 28.0 Å². The van der Waals surface area contributed by atoms with Gasteiger partial charge in [-0.2, -0.15) is 0 Å². The number of amides is 3. The summed E-state index contributed by atoms with van der Waals surface area (Å²) >= 11 is 0. The number of nitrogens with one attached hydrogen (secondary N) is 1. The number of benzene rings is 3. The average Bonchev–Trinajstić information content (AvgIpc) is 3.97. The van der Waals surface area contributed by atoms with Crippen LogP contribution in [0.15, 0.2) is 60.2 Å². The van der Waals surface area contributed by atoms with Crippen LogP contribution < -0.4 is 25.3 Å². The molecule has 276 valence electrons. The highest BCUT2D eigenvalue weighted by Crippen LogP contribution is 2.38. The molecule has 3 amide bonds. The topological polar surface area (TPSA) is 123 Å². The van der Waals surface area contributed by atoms with Gasteiger partial charge in [-0.1, -0.05) is 30.3 Å². The van der Waals surface area contributed by atoms with Crippen molar-refractivity contribution in [3.05, 3.63) is 93.6 Å². The second-order valence-corrected chi connectivity index (χ2v) is 14.5. The van der Waals surface area contributed by atoms with Crippen LogP contribution in [0.4, 0.5) is 0 Å². The second kappa shape index (κ2) is 16.2. The maximum Gasteiger partial charge on any atom is 0.252 e. The molecule has 2 bridgehead atoms. The molecule has 3 aromatic rings. The van der Waals surface area contributed by atoms with Crippen LogP contribution in [0.2, 0.25) is 0 Å². The fourth-order valence-electron chi connectivity index (χ4n) is 7.51. The van der Waals surface area contributed by atoms with Gasteiger partial charge in [0.15, 0.2) is 0 Å². The van der Waals surface area contributed by atoms with Crippen molar-refractivity contribution >= 4 is 23.3 Å². The third-order valence-electron chi connectivity index (χ3n) is 10.5. The molecule has 0 aromatic heterocycles. The van der Waals surface area contributed by atoms with Crippen LogP contribution in [0.1, 0.15) is 71.9 Å². The number of rotatable bonds is 15. The summed E-state index contributed by atoms with van der Waals surface area (Å²) in [6.07, 6.45) is 4.11. The molecule has 2 fully saturated rings. The summed E-state index contributed by atoms with van der Waals surface area (Å²) in [5.74, 6) is 1.84. The number of primary amides is 1. The molecule has 3 aromatic carbocycles. The Morgan fingerprint density at radius 3 is 2.27 bits per heavy atom. The fourth-order valence-corrected chi connectivity index (χ4v) is 7.51. The molecule has 2 aliphatic heterocycles. The van der Waals surface area contributed by atoms with Gasteiger partial charge in [-0.05, 0) is 104 Å². The number of methoxy groups -OCH3 is 2. The van der Waals surface area contributed by atoms with E-state index < -0.39 is 5.91 Å². The molecule has 1 saturated heterocycles. The van der Waals surface area contributed by atoms with Crippen molar-refractivity contribution in [2.75, 3.05) is 33.9 Å². The van der Waals surface area contributed by atoms with E-state index >= 15 is 0 Å². The van der Waals surface area contributed by atoms with Gasteiger partial charge < -0.3 is 35.1 Å². The Labute approximate surface area is 307 Å². The Morgan fingerprint density at radius 2 is 1.62 bits per heavy atom. The van der Waals surface area contributed by atoms with Crippen LogP contribution in [0.25, 0.3) is 5.57 Å². The highest BCUT2D eigenvalue weighted by atomic mass is 16.5. The summed E-state index contributed by atoms with van der Waals surface area (Å²) < 4.78 is 17.3. The van der Waals surface area contributed by atoms with Crippen molar-refractivity contribution < 1.29 is 28.6 Å². The Morgan fingerprint density at radius 1 is 0.904 bits per heavy atom. The Kier molecular flexibility index (Phi) is 11.5. The van der Waals surface area contributed by atoms with Gasteiger partial charge in [-0.3, -0.25) is 14.4 Å². The van der Waals surface area contributed by atoms with Gasteiger partial charge in [-0.15, -0.1) is 0 Å². The summed E-state index contributed by atoms with van der Waals surface area (Å²) in [7, 11) is 3.25. The Balaban J connectivity index is 1.27. The molecular formula is C42H52N4O6. The van der Waals surface area contributed by atoms with Gasteiger partial charge in [0.25, 0.3) is 5.91 Å². The maximum atomic E-state index is 14.9. The van der Waals surface area contributed by atoms with Crippen LogP contribution in [-0.4, -0.2) is 79.6 Å². The average molecular weight is 709 g/mol. The third-order valence-corrected chi connectivity index (χ3v) is 10.5. The second-order valence-electron chi connectivity index (χ2n) is 14.5. The monoisotopic (exact) mass is 708 g/mol. The van der Waals surface area contributed by atoms with E-state index in [2.05, 4.69) is 62.5 Å². The lowest BCUT2D eigenvalue weighted by molar-refractivity contribution is -0.134. The van der Waals surface area contributed by atoms with E-state index in [0.29, 0.717) is 56.2 Å². The molecule has 10 nitrogen and oxygen atoms in total. The lowest BCUT2D eigenvalue weighted by atomic mass is 9.82. The van der Waals surface area contributed by atoms with Gasteiger partial charge in [-0.25, -0.2) is 0 Å². The number of ether oxygens (including phenoxy) is 3. The standard InChI is InChI=1S/C42H52N4O6/c1-26-17-27(2)28(3)38(18-26)52-16-15-29-9-11-31(12-10-29)36-21-32-24-45(40(48)8-6-7-39(43)47)25-37(44-32)41(36)42(49)46(33-13-14-33)23-30-19-34(50-4)22-35(20-30)51-5/h9-12,17-20,22,32-33,37,44H,6-8,13-16,21,23-25H2,1-5H3,(H2,43,47)/t32?,37-/m1/s1. The molecule has 10 heteroatoms. The number of hydrogen-bond acceptors (Lipinski definition) is 7. The van der Waals surface area contributed by atoms with E-state index in [1.54, 1.807) is 14.2 Å². The van der Waals surface area contributed by atoms with Crippen LogP contribution in [0, 0.1) is 20.8 Å². The van der Waals surface area contributed by atoms with E-state index in [0.717, 1.165) is 47.3 Å². The molecule has 1 unspecified atom stereocenters. The van der Waals surface area contributed by atoms with Gasteiger partial charge >= 0.3 is 0 Å². The summed E-state index contributed by atoms with van der Waals surface area (Å²) in [5.41, 5.74) is 13.8. The molecule has 3 N–H and O–H groups in total. The zero-order valence-electron chi connectivity index (χ0n) is 31.1. The zero-order valence-corrected chi connectivity index (χ0v) is 31.1. The minimum absolute atomic E-state index is 0.00323. The number of piperazine rings is 1. The molecular weight excluding hydrogens is 656 g/mol. The van der Waals surface area contributed by atoms with Crippen LogP contribution in [0.3, 0.4) is 0 Å². The maximum absolute atomic E-state index is 14.9. The number of aryl methyl sites for hydroxylation is 2. The number of fused-ring (bicyclic) bond motifs is 2. The Bertz CT molecular complexity index is 1810. The first-order chi connectivity index (χ1) is 25.0. The van der Waals surface area contributed by atoms with Crippen molar-refractivity contribution in [1.29, 1.82) is 0 Å². The van der Waals surface area contributed by atoms with Crippen molar-refractivity contribution in [3.8, 4) is 17.2 Å². The lowest BCUT2D eigenvalue weighted by Crippen LogP contribution is -2.62. The number of carbonyl (C=O) groups excluding carboxylic acids is 3. The van der Waals surface area contributed by atoms with E-state index in [1.165, 1.54) is 16.7 Å². The summed E-state index contributed by atoms with van der Waals surface area (Å²) in [6.45, 7) is 8.20. The van der Waals surface area contributed by atoms with E-state index in [4.69, 9.17) is 19.9 Å². The highest BCUT2D eigenvalue weighted by molar-refractivity contribution is 6.03.